The van der Waals surface area contributed by atoms with Crippen molar-refractivity contribution < 1.29 is 9.59 Å². The molecule has 0 spiro atoms. The van der Waals surface area contributed by atoms with E-state index < -0.39 is 6.04 Å². The van der Waals surface area contributed by atoms with E-state index in [-0.39, 0.29) is 23.7 Å². The monoisotopic (exact) mass is 428 g/mol. The lowest BCUT2D eigenvalue weighted by Crippen LogP contribution is -2.45. The molecule has 0 unspecified atom stereocenters. The summed E-state index contributed by atoms with van der Waals surface area (Å²) in [6.07, 6.45) is 1.32. The average Bonchev–Trinajstić information content (AvgIpc) is 2.72. The molecule has 0 radical (unpaired) electrons. The van der Waals surface area contributed by atoms with E-state index >= 15 is 0 Å². The van der Waals surface area contributed by atoms with Crippen molar-refractivity contribution in [2.45, 2.75) is 64.8 Å². The summed E-state index contributed by atoms with van der Waals surface area (Å²) in [5.41, 5.74) is 4.06. The number of rotatable bonds is 10. The van der Waals surface area contributed by atoms with E-state index in [4.69, 9.17) is 11.6 Å². The number of para-hydroxylation sites is 1. The summed E-state index contributed by atoms with van der Waals surface area (Å²) in [4.78, 5) is 25.7. The molecule has 0 saturated heterocycles. The highest BCUT2D eigenvalue weighted by Crippen LogP contribution is 2.32. The van der Waals surface area contributed by atoms with E-state index in [9.17, 15) is 9.59 Å². The predicted octanol–water partition coefficient (Wildman–Crippen LogP) is 5.62. The van der Waals surface area contributed by atoms with E-state index in [1.807, 2.05) is 36.4 Å². The highest BCUT2D eigenvalue weighted by atomic mass is 35.5. The Morgan fingerprint density at radius 2 is 1.50 bits per heavy atom. The van der Waals surface area contributed by atoms with Gasteiger partial charge in [0.15, 0.2) is 0 Å². The van der Waals surface area contributed by atoms with Crippen LogP contribution in [-0.4, -0.2) is 23.7 Å². The third-order valence-corrected chi connectivity index (χ3v) is 5.36. The van der Waals surface area contributed by atoms with E-state index in [0.717, 1.165) is 22.4 Å². The molecule has 1 atom stereocenters. The second kappa shape index (κ2) is 11.8. The molecule has 0 aromatic heterocycles. The van der Waals surface area contributed by atoms with Gasteiger partial charge in [-0.2, -0.15) is 0 Å². The smallest absolute Gasteiger partial charge is 0.247 e. The highest BCUT2D eigenvalue weighted by Gasteiger charge is 2.24. The fourth-order valence-corrected chi connectivity index (χ4v) is 3.59. The molecule has 0 heterocycles. The zero-order valence-electron chi connectivity index (χ0n) is 18.4. The lowest BCUT2D eigenvalue weighted by molar-refractivity contribution is -0.126. The van der Waals surface area contributed by atoms with E-state index in [2.05, 4.69) is 50.5 Å². The molecule has 162 valence electrons. The van der Waals surface area contributed by atoms with Crippen LogP contribution in [0.5, 0.6) is 0 Å². The molecule has 5 heteroatoms. The van der Waals surface area contributed by atoms with Crippen LogP contribution in [0.25, 0.3) is 0 Å². The maximum atomic E-state index is 13.3. The van der Waals surface area contributed by atoms with Gasteiger partial charge in [0, 0.05) is 24.4 Å². The third kappa shape index (κ3) is 6.88. The van der Waals surface area contributed by atoms with E-state index in [1.54, 1.807) is 0 Å². The van der Waals surface area contributed by atoms with E-state index in [1.165, 1.54) is 0 Å². The molecule has 2 amide bonds. The van der Waals surface area contributed by atoms with Crippen LogP contribution in [0.4, 0.5) is 5.69 Å². The Kier molecular flexibility index (Phi) is 9.38. The number of anilines is 1. The van der Waals surface area contributed by atoms with Gasteiger partial charge in [-0.3, -0.25) is 9.59 Å². The zero-order valence-corrected chi connectivity index (χ0v) is 19.1. The Morgan fingerprint density at radius 3 is 2.03 bits per heavy atom. The van der Waals surface area contributed by atoms with Gasteiger partial charge in [0.05, 0.1) is 0 Å². The van der Waals surface area contributed by atoms with Gasteiger partial charge in [0.1, 0.15) is 6.04 Å². The molecule has 0 fully saturated rings. The SMILES string of the molecule is CC(C)c1cccc(C(C)C)c1NC(=O)[C@H](Cc1ccccc1)NC(=O)CCCCl. The van der Waals surface area contributed by atoms with Crippen LogP contribution in [0.1, 0.15) is 69.1 Å². The van der Waals surface area contributed by atoms with Gasteiger partial charge in [-0.15, -0.1) is 11.6 Å². The Balaban J connectivity index is 2.30. The molecule has 0 aliphatic rings. The van der Waals surface area contributed by atoms with Gasteiger partial charge in [-0.1, -0.05) is 76.2 Å². The van der Waals surface area contributed by atoms with Gasteiger partial charge >= 0.3 is 0 Å². The first kappa shape index (κ1) is 23.9. The summed E-state index contributed by atoms with van der Waals surface area (Å²) in [6.45, 7) is 8.46. The number of hydrogen-bond acceptors (Lipinski definition) is 2. The van der Waals surface area contributed by atoms with Crippen molar-refractivity contribution in [2.24, 2.45) is 0 Å². The zero-order chi connectivity index (χ0) is 22.1. The molecule has 2 aromatic carbocycles. The fourth-order valence-electron chi connectivity index (χ4n) is 3.46. The number of carbonyl (C=O) groups excluding carboxylic acids is 2. The number of alkyl halides is 1. The molecule has 0 bridgehead atoms. The van der Waals surface area contributed by atoms with Crippen molar-refractivity contribution in [1.82, 2.24) is 5.32 Å². The van der Waals surface area contributed by atoms with Crippen molar-refractivity contribution in [3.63, 3.8) is 0 Å². The van der Waals surface area contributed by atoms with Crippen molar-refractivity contribution in [2.75, 3.05) is 11.2 Å². The van der Waals surface area contributed by atoms with Crippen molar-refractivity contribution >= 4 is 29.1 Å². The van der Waals surface area contributed by atoms with Gasteiger partial charge in [-0.25, -0.2) is 0 Å². The molecule has 4 nitrogen and oxygen atoms in total. The first-order valence-electron chi connectivity index (χ1n) is 10.7. The number of nitrogens with one attached hydrogen (secondary N) is 2. The molecule has 2 rings (SSSR count). The summed E-state index contributed by atoms with van der Waals surface area (Å²) < 4.78 is 0. The van der Waals surface area contributed by atoms with Crippen molar-refractivity contribution in [3.05, 3.63) is 65.2 Å². The molecule has 0 saturated carbocycles. The highest BCUT2D eigenvalue weighted by molar-refractivity contribution is 6.17. The fraction of sp³-hybridized carbons (Fsp3) is 0.440. The summed E-state index contributed by atoms with van der Waals surface area (Å²) in [5.74, 6) is 0.596. The van der Waals surface area contributed by atoms with Gasteiger partial charge in [0.2, 0.25) is 11.8 Å². The second-order valence-corrected chi connectivity index (χ2v) is 8.59. The first-order chi connectivity index (χ1) is 14.3. The molecule has 2 N–H and O–H groups in total. The van der Waals surface area contributed by atoms with Crippen LogP contribution in [-0.2, 0) is 16.0 Å². The topological polar surface area (TPSA) is 58.2 Å². The molecular weight excluding hydrogens is 396 g/mol. The minimum atomic E-state index is -0.657. The van der Waals surface area contributed by atoms with Gasteiger partial charge in [0.25, 0.3) is 0 Å². The first-order valence-corrected chi connectivity index (χ1v) is 11.2. The van der Waals surface area contributed by atoms with Gasteiger partial charge in [-0.05, 0) is 34.9 Å². The quantitative estimate of drug-likeness (QED) is 0.482. The van der Waals surface area contributed by atoms with Crippen molar-refractivity contribution in [1.29, 1.82) is 0 Å². The minimum Gasteiger partial charge on any atom is -0.344 e. The Bertz CT molecular complexity index is 808. The lowest BCUT2D eigenvalue weighted by atomic mass is 9.92. The molecule has 2 aromatic rings. The van der Waals surface area contributed by atoms with Crippen LogP contribution in [0.15, 0.2) is 48.5 Å². The molecule has 0 aliphatic carbocycles. The largest absolute Gasteiger partial charge is 0.344 e. The van der Waals surface area contributed by atoms with Crippen LogP contribution in [0.2, 0.25) is 0 Å². The summed E-state index contributed by atoms with van der Waals surface area (Å²) >= 11 is 5.72. The second-order valence-electron chi connectivity index (χ2n) is 8.21. The molecular formula is C25H33ClN2O2. The standard InChI is InChI=1S/C25H33ClN2O2/c1-17(2)20-12-8-13-21(18(3)4)24(20)28-25(30)22(27-23(29)14-9-15-26)16-19-10-6-5-7-11-19/h5-8,10-13,17-18,22H,9,14-16H2,1-4H3,(H,27,29)(H,28,30)/t22-/m0/s1. The predicted molar refractivity (Wildman–Crippen MR) is 125 cm³/mol. The maximum absolute atomic E-state index is 13.3. The summed E-state index contributed by atoms with van der Waals surface area (Å²) in [7, 11) is 0. The number of amides is 2. The Morgan fingerprint density at radius 1 is 0.900 bits per heavy atom. The Hall–Kier alpha value is -2.33. The van der Waals surface area contributed by atoms with Gasteiger partial charge < -0.3 is 10.6 Å². The third-order valence-electron chi connectivity index (χ3n) is 5.09. The normalized spacial score (nSPS) is 12.1. The van der Waals surface area contributed by atoms with Crippen LogP contribution in [0, 0.1) is 0 Å². The van der Waals surface area contributed by atoms with E-state index in [0.29, 0.717) is 25.1 Å². The summed E-state index contributed by atoms with van der Waals surface area (Å²) in [6, 6.07) is 15.2. The maximum Gasteiger partial charge on any atom is 0.247 e. The Labute approximate surface area is 185 Å². The van der Waals surface area contributed by atoms with Crippen LogP contribution < -0.4 is 10.6 Å². The molecule has 0 aliphatic heterocycles. The molecule has 30 heavy (non-hydrogen) atoms. The summed E-state index contributed by atoms with van der Waals surface area (Å²) in [5, 5.41) is 6.05. The average molecular weight is 429 g/mol. The van der Waals surface area contributed by atoms with Crippen LogP contribution in [0.3, 0.4) is 0 Å². The van der Waals surface area contributed by atoms with Crippen LogP contribution >= 0.6 is 11.6 Å². The van der Waals surface area contributed by atoms with Crippen molar-refractivity contribution in [3.8, 4) is 0 Å². The number of carbonyl (C=O) groups is 2. The number of hydrogen-bond donors (Lipinski definition) is 2. The lowest BCUT2D eigenvalue weighted by Gasteiger charge is -2.23. The number of halogens is 1. The number of benzene rings is 2. The minimum absolute atomic E-state index is 0.159.